The lowest BCUT2D eigenvalue weighted by molar-refractivity contribution is 0.0934. The van der Waals surface area contributed by atoms with Crippen LogP contribution in [0.3, 0.4) is 0 Å². The fourth-order valence-electron chi connectivity index (χ4n) is 2.25. The van der Waals surface area contributed by atoms with Crippen molar-refractivity contribution in [3.63, 3.8) is 0 Å². The first-order valence-corrected chi connectivity index (χ1v) is 7.68. The number of piperidine rings is 1. The summed E-state index contributed by atoms with van der Waals surface area (Å²) >= 11 is 1.51. The molecule has 0 saturated carbocycles. The fraction of sp³-hybridized carbons (Fsp3) is 0.692. The number of nitrogens with zero attached hydrogens (tertiary/aromatic N) is 2. The number of aromatic nitrogens is 1. The van der Waals surface area contributed by atoms with Crippen molar-refractivity contribution in [3.05, 3.63) is 16.1 Å². The van der Waals surface area contributed by atoms with E-state index in [-0.39, 0.29) is 5.91 Å². The maximum absolute atomic E-state index is 12.0. The molecule has 0 atom stereocenters. The van der Waals surface area contributed by atoms with Gasteiger partial charge in [0, 0.05) is 18.3 Å². The summed E-state index contributed by atoms with van der Waals surface area (Å²) in [6, 6.07) is 0. The van der Waals surface area contributed by atoms with Crippen LogP contribution in [0.4, 0.5) is 0 Å². The minimum absolute atomic E-state index is 0.0570. The molecule has 0 bridgehead atoms. The summed E-state index contributed by atoms with van der Waals surface area (Å²) in [5.41, 5.74) is 6.00. The Hall–Kier alpha value is -0.980. The molecule has 1 aliphatic heterocycles. The second kappa shape index (κ2) is 6.98. The van der Waals surface area contributed by atoms with Crippen molar-refractivity contribution in [2.24, 2.45) is 11.7 Å². The molecule has 1 aromatic heterocycles. The van der Waals surface area contributed by atoms with Crippen molar-refractivity contribution in [2.45, 2.75) is 19.3 Å². The van der Waals surface area contributed by atoms with E-state index in [1.807, 2.05) is 5.38 Å². The van der Waals surface area contributed by atoms with E-state index >= 15 is 0 Å². The number of amides is 1. The van der Waals surface area contributed by atoms with E-state index in [4.69, 9.17) is 5.73 Å². The summed E-state index contributed by atoms with van der Waals surface area (Å²) in [5, 5.41) is 5.75. The Morgan fingerprint density at radius 1 is 1.58 bits per heavy atom. The van der Waals surface area contributed by atoms with E-state index in [0.717, 1.165) is 43.9 Å². The zero-order valence-electron chi connectivity index (χ0n) is 11.4. The lowest BCUT2D eigenvalue weighted by Crippen LogP contribution is -2.37. The van der Waals surface area contributed by atoms with E-state index in [0.29, 0.717) is 18.2 Å². The molecule has 106 valence electrons. The highest BCUT2D eigenvalue weighted by atomic mass is 32.1. The summed E-state index contributed by atoms with van der Waals surface area (Å²) in [6.45, 7) is 3.58. The first-order chi connectivity index (χ1) is 9.19. The normalized spacial score (nSPS) is 17.6. The fourth-order valence-corrected chi connectivity index (χ4v) is 3.04. The third kappa shape index (κ3) is 4.26. The van der Waals surface area contributed by atoms with Crippen molar-refractivity contribution < 1.29 is 4.79 Å². The third-order valence-electron chi connectivity index (χ3n) is 3.53. The van der Waals surface area contributed by atoms with Crippen molar-refractivity contribution in [2.75, 3.05) is 33.2 Å². The summed E-state index contributed by atoms with van der Waals surface area (Å²) in [7, 11) is 2.14. The van der Waals surface area contributed by atoms with Crippen molar-refractivity contribution in [1.82, 2.24) is 15.2 Å². The standard InChI is InChI=1S/C13H22N4OS/c1-17-6-3-10(4-7-17)8-15-13(18)11-9-19-12(16-11)2-5-14/h9-10H,2-8,14H2,1H3,(H,15,18). The van der Waals surface area contributed by atoms with Crippen molar-refractivity contribution in [3.8, 4) is 0 Å². The van der Waals surface area contributed by atoms with E-state index in [1.165, 1.54) is 11.3 Å². The average molecular weight is 282 g/mol. The second-order valence-corrected chi connectivity index (χ2v) is 6.06. The zero-order chi connectivity index (χ0) is 13.7. The molecule has 1 saturated heterocycles. The van der Waals surface area contributed by atoms with Gasteiger partial charge in [0.15, 0.2) is 0 Å². The van der Waals surface area contributed by atoms with Gasteiger partial charge < -0.3 is 16.0 Å². The Balaban J connectivity index is 1.77. The molecule has 3 N–H and O–H groups in total. The second-order valence-electron chi connectivity index (χ2n) is 5.12. The minimum atomic E-state index is -0.0570. The van der Waals surface area contributed by atoms with Crippen LogP contribution < -0.4 is 11.1 Å². The summed E-state index contributed by atoms with van der Waals surface area (Å²) in [4.78, 5) is 18.6. The van der Waals surface area contributed by atoms with Gasteiger partial charge in [-0.25, -0.2) is 4.98 Å². The van der Waals surface area contributed by atoms with E-state index in [1.54, 1.807) is 0 Å². The molecule has 0 aliphatic carbocycles. The van der Waals surface area contributed by atoms with E-state index < -0.39 is 0 Å². The molecule has 1 fully saturated rings. The monoisotopic (exact) mass is 282 g/mol. The molecular formula is C13H22N4OS. The first-order valence-electron chi connectivity index (χ1n) is 6.80. The molecule has 1 amide bonds. The van der Waals surface area contributed by atoms with Gasteiger partial charge in [0.25, 0.3) is 5.91 Å². The van der Waals surface area contributed by atoms with Crippen LogP contribution in [-0.4, -0.2) is 49.0 Å². The van der Waals surface area contributed by atoms with Crippen LogP contribution in [0.5, 0.6) is 0 Å². The smallest absolute Gasteiger partial charge is 0.270 e. The van der Waals surface area contributed by atoms with Crippen LogP contribution in [0.2, 0.25) is 0 Å². The Morgan fingerprint density at radius 2 is 2.32 bits per heavy atom. The topological polar surface area (TPSA) is 71.2 Å². The number of hydrogen-bond donors (Lipinski definition) is 2. The van der Waals surface area contributed by atoms with Gasteiger partial charge in [-0.3, -0.25) is 4.79 Å². The Bertz CT molecular complexity index is 413. The van der Waals surface area contributed by atoms with Crippen LogP contribution in [0, 0.1) is 5.92 Å². The Labute approximate surface area is 118 Å². The number of nitrogens with two attached hydrogens (primary N) is 1. The molecule has 0 unspecified atom stereocenters. The quantitative estimate of drug-likeness (QED) is 0.834. The molecule has 2 rings (SSSR count). The predicted molar refractivity (Wildman–Crippen MR) is 77.4 cm³/mol. The number of rotatable bonds is 5. The number of hydrogen-bond acceptors (Lipinski definition) is 5. The maximum Gasteiger partial charge on any atom is 0.270 e. The van der Waals surface area contributed by atoms with Gasteiger partial charge in [0.05, 0.1) is 5.01 Å². The van der Waals surface area contributed by atoms with Crippen molar-refractivity contribution >= 4 is 17.2 Å². The average Bonchev–Trinajstić information content (AvgIpc) is 2.87. The van der Waals surface area contributed by atoms with Crippen LogP contribution in [0.15, 0.2) is 5.38 Å². The highest BCUT2D eigenvalue weighted by Crippen LogP contribution is 2.15. The number of carbonyl (C=O) groups excluding carboxylic acids is 1. The lowest BCUT2D eigenvalue weighted by atomic mass is 9.97. The van der Waals surface area contributed by atoms with Crippen molar-refractivity contribution in [1.29, 1.82) is 0 Å². The Morgan fingerprint density at radius 3 is 3.00 bits per heavy atom. The van der Waals surface area contributed by atoms with Crippen LogP contribution in [-0.2, 0) is 6.42 Å². The highest BCUT2D eigenvalue weighted by molar-refractivity contribution is 7.09. The van der Waals surface area contributed by atoms with Gasteiger partial charge in [-0.1, -0.05) is 0 Å². The molecular weight excluding hydrogens is 260 g/mol. The highest BCUT2D eigenvalue weighted by Gasteiger charge is 2.18. The van der Waals surface area contributed by atoms with E-state index in [9.17, 15) is 4.79 Å². The zero-order valence-corrected chi connectivity index (χ0v) is 12.2. The summed E-state index contributed by atoms with van der Waals surface area (Å²) < 4.78 is 0. The summed E-state index contributed by atoms with van der Waals surface area (Å²) in [6.07, 6.45) is 3.06. The van der Waals surface area contributed by atoms with Gasteiger partial charge in [-0.15, -0.1) is 11.3 Å². The number of carbonyl (C=O) groups is 1. The van der Waals surface area contributed by atoms with Gasteiger partial charge in [0.1, 0.15) is 5.69 Å². The summed E-state index contributed by atoms with van der Waals surface area (Å²) in [5.74, 6) is 0.542. The van der Waals surface area contributed by atoms with Crippen LogP contribution in [0.25, 0.3) is 0 Å². The molecule has 1 aromatic rings. The maximum atomic E-state index is 12.0. The largest absolute Gasteiger partial charge is 0.350 e. The Kier molecular flexibility index (Phi) is 5.30. The van der Waals surface area contributed by atoms with Gasteiger partial charge >= 0.3 is 0 Å². The minimum Gasteiger partial charge on any atom is -0.350 e. The van der Waals surface area contributed by atoms with Gasteiger partial charge in [-0.2, -0.15) is 0 Å². The number of nitrogens with one attached hydrogen (secondary N) is 1. The number of likely N-dealkylation sites (tertiary alicyclic amines) is 1. The molecule has 0 aromatic carbocycles. The van der Waals surface area contributed by atoms with E-state index in [2.05, 4.69) is 22.2 Å². The van der Waals surface area contributed by atoms with Gasteiger partial charge in [-0.05, 0) is 45.4 Å². The molecule has 0 radical (unpaired) electrons. The molecule has 19 heavy (non-hydrogen) atoms. The molecule has 6 heteroatoms. The molecule has 1 aliphatic rings. The molecule has 2 heterocycles. The third-order valence-corrected chi connectivity index (χ3v) is 4.44. The molecule has 0 spiro atoms. The van der Waals surface area contributed by atoms with Crippen LogP contribution in [0.1, 0.15) is 28.3 Å². The lowest BCUT2D eigenvalue weighted by Gasteiger charge is -2.28. The SMILES string of the molecule is CN1CCC(CNC(=O)c2csc(CCN)n2)CC1. The predicted octanol–water partition coefficient (Wildman–Crippen LogP) is 0.716. The number of thiazole rings is 1. The first kappa shape index (κ1) is 14.4. The molecule has 5 nitrogen and oxygen atoms in total. The van der Waals surface area contributed by atoms with Gasteiger partial charge in [0.2, 0.25) is 0 Å². The van der Waals surface area contributed by atoms with Crippen LogP contribution >= 0.6 is 11.3 Å².